The fourth-order valence-electron chi connectivity index (χ4n) is 2.46. The summed E-state index contributed by atoms with van der Waals surface area (Å²) in [6.45, 7) is 8.83. The number of rotatable bonds is 6. The molecule has 2 amide bonds. The molecule has 0 radical (unpaired) electrons. The second-order valence-electron chi connectivity index (χ2n) is 6.35. The smallest absolute Gasteiger partial charge is 0.328 e. The molecule has 6 heteroatoms. The molecule has 120 valence electrons. The van der Waals surface area contributed by atoms with Gasteiger partial charge in [-0.2, -0.15) is 0 Å². The van der Waals surface area contributed by atoms with Crippen LogP contribution in [-0.4, -0.2) is 48.9 Å². The van der Waals surface area contributed by atoms with Crippen molar-refractivity contribution in [3.8, 4) is 0 Å². The van der Waals surface area contributed by atoms with Crippen LogP contribution in [0, 0.1) is 17.8 Å². The number of amides is 2. The summed E-state index contributed by atoms with van der Waals surface area (Å²) < 4.78 is 4.70. The molecule has 1 heterocycles. The van der Waals surface area contributed by atoms with Crippen molar-refractivity contribution < 1.29 is 19.1 Å². The van der Waals surface area contributed by atoms with E-state index >= 15 is 0 Å². The summed E-state index contributed by atoms with van der Waals surface area (Å²) in [7, 11) is 1.30. The molecule has 0 aromatic heterocycles. The van der Waals surface area contributed by atoms with E-state index in [9.17, 15) is 14.4 Å². The Kier molecular flexibility index (Phi) is 6.18. The Hall–Kier alpha value is -1.59. The molecule has 21 heavy (non-hydrogen) atoms. The highest BCUT2D eigenvalue weighted by molar-refractivity contribution is 5.91. The molecule has 2 atom stereocenters. The van der Waals surface area contributed by atoms with Crippen molar-refractivity contribution in [3.05, 3.63) is 0 Å². The van der Waals surface area contributed by atoms with Crippen LogP contribution in [0.1, 0.15) is 34.1 Å². The predicted octanol–water partition coefficient (Wildman–Crippen LogP) is 0.805. The zero-order chi connectivity index (χ0) is 16.2. The summed E-state index contributed by atoms with van der Waals surface area (Å²) in [4.78, 5) is 37.5. The Morgan fingerprint density at radius 2 is 1.95 bits per heavy atom. The summed E-state index contributed by atoms with van der Waals surface area (Å²) in [5.74, 6) is -0.787. The second-order valence-corrected chi connectivity index (χ2v) is 6.35. The quantitative estimate of drug-likeness (QED) is 0.736. The number of ether oxygens (including phenoxy) is 1. The third-order valence-electron chi connectivity index (χ3n) is 3.59. The summed E-state index contributed by atoms with van der Waals surface area (Å²) in [6, 6.07) is -0.670. The molecule has 1 fully saturated rings. The first-order valence-corrected chi connectivity index (χ1v) is 7.42. The molecule has 2 unspecified atom stereocenters. The van der Waals surface area contributed by atoms with E-state index < -0.39 is 12.0 Å². The highest BCUT2D eigenvalue weighted by Gasteiger charge is 2.36. The molecule has 0 spiro atoms. The Morgan fingerprint density at radius 3 is 2.43 bits per heavy atom. The van der Waals surface area contributed by atoms with Crippen LogP contribution >= 0.6 is 0 Å². The van der Waals surface area contributed by atoms with Gasteiger partial charge >= 0.3 is 5.97 Å². The third kappa shape index (κ3) is 4.72. The van der Waals surface area contributed by atoms with Gasteiger partial charge in [0.1, 0.15) is 6.04 Å². The number of hydrogen-bond acceptors (Lipinski definition) is 4. The van der Waals surface area contributed by atoms with Gasteiger partial charge in [-0.3, -0.25) is 9.59 Å². The Balaban J connectivity index is 2.64. The van der Waals surface area contributed by atoms with Crippen LogP contribution in [0.15, 0.2) is 0 Å². The minimum Gasteiger partial charge on any atom is -0.467 e. The Morgan fingerprint density at radius 1 is 1.33 bits per heavy atom. The fraction of sp³-hybridized carbons (Fsp3) is 0.800. The summed E-state index contributed by atoms with van der Waals surface area (Å²) in [5.41, 5.74) is 0. The molecule has 0 saturated carbocycles. The predicted molar refractivity (Wildman–Crippen MR) is 78.3 cm³/mol. The first-order valence-electron chi connectivity index (χ1n) is 7.42. The summed E-state index contributed by atoms with van der Waals surface area (Å²) in [5, 5.41) is 2.71. The van der Waals surface area contributed by atoms with Crippen molar-refractivity contribution in [3.63, 3.8) is 0 Å². The van der Waals surface area contributed by atoms with E-state index in [2.05, 4.69) is 5.32 Å². The SMILES string of the molecule is COC(=O)C(NC(=O)C1CC(=O)N(CC(C)C)C1)C(C)C. The van der Waals surface area contributed by atoms with E-state index in [-0.39, 0.29) is 30.1 Å². The first kappa shape index (κ1) is 17.5. The van der Waals surface area contributed by atoms with Crippen molar-refractivity contribution in [1.82, 2.24) is 10.2 Å². The lowest BCUT2D eigenvalue weighted by molar-refractivity contribution is -0.146. The zero-order valence-corrected chi connectivity index (χ0v) is 13.5. The first-order chi connectivity index (χ1) is 9.76. The molecule has 0 aromatic rings. The number of likely N-dealkylation sites (tertiary alicyclic amines) is 1. The van der Waals surface area contributed by atoms with E-state index in [1.165, 1.54) is 7.11 Å². The van der Waals surface area contributed by atoms with Gasteiger partial charge in [0.25, 0.3) is 0 Å². The number of nitrogens with one attached hydrogen (secondary N) is 1. The van der Waals surface area contributed by atoms with Gasteiger partial charge in [0, 0.05) is 19.5 Å². The van der Waals surface area contributed by atoms with Crippen molar-refractivity contribution in [2.75, 3.05) is 20.2 Å². The normalized spacial score (nSPS) is 20.0. The van der Waals surface area contributed by atoms with E-state index in [4.69, 9.17) is 4.74 Å². The minimum atomic E-state index is -0.670. The molecule has 1 rings (SSSR count). The van der Waals surface area contributed by atoms with Crippen molar-refractivity contribution in [1.29, 1.82) is 0 Å². The molecule has 0 bridgehead atoms. The monoisotopic (exact) mass is 298 g/mol. The van der Waals surface area contributed by atoms with Crippen LogP contribution in [-0.2, 0) is 19.1 Å². The largest absolute Gasteiger partial charge is 0.467 e. The van der Waals surface area contributed by atoms with Crippen molar-refractivity contribution >= 4 is 17.8 Å². The van der Waals surface area contributed by atoms with Crippen LogP contribution in [0.25, 0.3) is 0 Å². The van der Waals surface area contributed by atoms with Crippen LogP contribution in [0.4, 0.5) is 0 Å². The van der Waals surface area contributed by atoms with Gasteiger partial charge in [0.15, 0.2) is 0 Å². The highest BCUT2D eigenvalue weighted by Crippen LogP contribution is 2.20. The average Bonchev–Trinajstić information content (AvgIpc) is 2.75. The van der Waals surface area contributed by atoms with Crippen LogP contribution < -0.4 is 5.32 Å². The summed E-state index contributed by atoms with van der Waals surface area (Å²) in [6.07, 6.45) is 0.213. The standard InChI is InChI=1S/C15H26N2O4/c1-9(2)7-17-8-11(6-12(17)18)14(19)16-13(10(3)4)15(20)21-5/h9-11,13H,6-8H2,1-5H3,(H,16,19). The number of carbonyl (C=O) groups excluding carboxylic acids is 3. The average molecular weight is 298 g/mol. The van der Waals surface area contributed by atoms with Gasteiger partial charge < -0.3 is 15.0 Å². The number of carbonyl (C=O) groups is 3. The second kappa shape index (κ2) is 7.43. The number of esters is 1. The van der Waals surface area contributed by atoms with E-state index in [0.717, 1.165) is 0 Å². The van der Waals surface area contributed by atoms with Crippen LogP contribution in [0.5, 0.6) is 0 Å². The summed E-state index contributed by atoms with van der Waals surface area (Å²) >= 11 is 0. The lowest BCUT2D eigenvalue weighted by atomic mass is 10.0. The van der Waals surface area contributed by atoms with Crippen molar-refractivity contribution in [2.45, 2.75) is 40.2 Å². The van der Waals surface area contributed by atoms with E-state index in [0.29, 0.717) is 19.0 Å². The fourth-order valence-corrected chi connectivity index (χ4v) is 2.46. The number of methoxy groups -OCH3 is 1. The van der Waals surface area contributed by atoms with Gasteiger partial charge in [-0.15, -0.1) is 0 Å². The molecule has 1 aliphatic heterocycles. The Bertz CT molecular complexity index is 406. The van der Waals surface area contributed by atoms with E-state index in [1.54, 1.807) is 4.90 Å². The maximum absolute atomic E-state index is 12.3. The molecule has 6 nitrogen and oxygen atoms in total. The molecule has 1 aliphatic rings. The highest BCUT2D eigenvalue weighted by atomic mass is 16.5. The number of nitrogens with zero attached hydrogens (tertiary/aromatic N) is 1. The molecule has 1 N–H and O–H groups in total. The number of hydrogen-bond donors (Lipinski definition) is 1. The zero-order valence-electron chi connectivity index (χ0n) is 13.5. The molecule has 1 saturated heterocycles. The molecular formula is C15H26N2O4. The maximum Gasteiger partial charge on any atom is 0.328 e. The lowest BCUT2D eigenvalue weighted by Crippen LogP contribution is -2.47. The molecule has 0 aromatic carbocycles. The Labute approximate surface area is 126 Å². The minimum absolute atomic E-state index is 0.00279. The topological polar surface area (TPSA) is 75.7 Å². The maximum atomic E-state index is 12.3. The van der Waals surface area contributed by atoms with Crippen molar-refractivity contribution in [2.24, 2.45) is 17.8 Å². The van der Waals surface area contributed by atoms with Crippen LogP contribution in [0.2, 0.25) is 0 Å². The molecular weight excluding hydrogens is 272 g/mol. The van der Waals surface area contributed by atoms with Gasteiger partial charge in [0.05, 0.1) is 13.0 Å². The van der Waals surface area contributed by atoms with Gasteiger partial charge in [0.2, 0.25) is 11.8 Å². The third-order valence-corrected chi connectivity index (χ3v) is 3.59. The molecule has 0 aliphatic carbocycles. The lowest BCUT2D eigenvalue weighted by Gasteiger charge is -2.22. The van der Waals surface area contributed by atoms with Gasteiger partial charge in [-0.25, -0.2) is 4.79 Å². The van der Waals surface area contributed by atoms with Gasteiger partial charge in [-0.05, 0) is 11.8 Å². The van der Waals surface area contributed by atoms with E-state index in [1.807, 2.05) is 27.7 Å². The van der Waals surface area contributed by atoms with Crippen LogP contribution in [0.3, 0.4) is 0 Å². The van der Waals surface area contributed by atoms with Gasteiger partial charge in [-0.1, -0.05) is 27.7 Å².